The Labute approximate surface area is 64.9 Å². The van der Waals surface area contributed by atoms with Crippen molar-refractivity contribution in [2.45, 2.75) is 18.4 Å². The first-order chi connectivity index (χ1) is 4.81. The summed E-state index contributed by atoms with van der Waals surface area (Å²) in [5.74, 6) is 0. The summed E-state index contributed by atoms with van der Waals surface area (Å²) in [4.78, 5) is 0. The van der Waals surface area contributed by atoms with Crippen LogP contribution in [0.1, 0.15) is 12.8 Å². The molecular formula is C6H12ClFO2. The standard InChI is InChI=1S/C6H12ClFO2/c7-6(2-4-9)10-5-1-3-8/h6,9H,1-5H2. The quantitative estimate of drug-likeness (QED) is 0.481. The molecule has 0 radical (unpaired) electrons. The van der Waals surface area contributed by atoms with Crippen molar-refractivity contribution in [3.63, 3.8) is 0 Å². The van der Waals surface area contributed by atoms with Gasteiger partial charge in [-0.3, -0.25) is 4.39 Å². The molecule has 62 valence electrons. The van der Waals surface area contributed by atoms with Gasteiger partial charge in [-0.05, 0) is 6.42 Å². The van der Waals surface area contributed by atoms with E-state index in [1.165, 1.54) is 0 Å². The Morgan fingerprint density at radius 1 is 1.60 bits per heavy atom. The molecule has 0 bridgehead atoms. The van der Waals surface area contributed by atoms with Crippen LogP contribution in [0.15, 0.2) is 0 Å². The van der Waals surface area contributed by atoms with Crippen LogP contribution in [0.2, 0.25) is 0 Å². The van der Waals surface area contributed by atoms with Crippen molar-refractivity contribution < 1.29 is 14.2 Å². The summed E-state index contributed by atoms with van der Waals surface area (Å²) < 4.78 is 16.3. The van der Waals surface area contributed by atoms with E-state index in [0.717, 1.165) is 0 Å². The van der Waals surface area contributed by atoms with Crippen molar-refractivity contribution in [2.75, 3.05) is 19.9 Å². The van der Waals surface area contributed by atoms with E-state index in [9.17, 15) is 4.39 Å². The van der Waals surface area contributed by atoms with E-state index in [1.54, 1.807) is 0 Å². The fraction of sp³-hybridized carbons (Fsp3) is 1.00. The third-order valence-corrected chi connectivity index (χ3v) is 1.28. The molecule has 10 heavy (non-hydrogen) atoms. The number of rotatable bonds is 6. The number of hydrogen-bond donors (Lipinski definition) is 1. The van der Waals surface area contributed by atoms with Gasteiger partial charge in [-0.1, -0.05) is 11.6 Å². The van der Waals surface area contributed by atoms with Crippen LogP contribution in [0, 0.1) is 0 Å². The summed E-state index contributed by atoms with van der Waals surface area (Å²) in [5, 5.41) is 8.35. The normalized spacial score (nSPS) is 13.5. The molecule has 0 aromatic heterocycles. The lowest BCUT2D eigenvalue weighted by atomic mass is 10.5. The molecule has 0 rings (SSSR count). The topological polar surface area (TPSA) is 29.5 Å². The Morgan fingerprint density at radius 3 is 2.80 bits per heavy atom. The zero-order valence-electron chi connectivity index (χ0n) is 5.72. The van der Waals surface area contributed by atoms with Gasteiger partial charge in [0.2, 0.25) is 0 Å². The van der Waals surface area contributed by atoms with Gasteiger partial charge in [-0.25, -0.2) is 0 Å². The smallest absolute Gasteiger partial charge is 0.133 e. The summed E-state index contributed by atoms with van der Waals surface area (Å²) >= 11 is 5.51. The maximum Gasteiger partial charge on any atom is 0.133 e. The molecule has 0 saturated heterocycles. The fourth-order valence-corrected chi connectivity index (χ4v) is 0.637. The Morgan fingerprint density at radius 2 is 2.30 bits per heavy atom. The van der Waals surface area contributed by atoms with Gasteiger partial charge in [0.1, 0.15) is 5.56 Å². The number of hydrogen-bond acceptors (Lipinski definition) is 2. The molecule has 2 nitrogen and oxygen atoms in total. The Kier molecular flexibility index (Phi) is 7.35. The lowest BCUT2D eigenvalue weighted by molar-refractivity contribution is 0.0825. The molecule has 0 aromatic carbocycles. The first-order valence-corrected chi connectivity index (χ1v) is 3.67. The van der Waals surface area contributed by atoms with Crippen LogP contribution in [-0.2, 0) is 4.74 Å². The number of ether oxygens (including phenoxy) is 1. The van der Waals surface area contributed by atoms with Crippen LogP contribution >= 0.6 is 11.6 Å². The van der Waals surface area contributed by atoms with E-state index < -0.39 is 5.56 Å². The van der Waals surface area contributed by atoms with E-state index >= 15 is 0 Å². The summed E-state index contributed by atoms with van der Waals surface area (Å²) in [5.41, 5.74) is -0.475. The average molecular weight is 171 g/mol. The summed E-state index contributed by atoms with van der Waals surface area (Å²) in [6.07, 6.45) is 0.766. The van der Waals surface area contributed by atoms with Gasteiger partial charge in [0.05, 0.1) is 13.3 Å². The summed E-state index contributed by atoms with van der Waals surface area (Å²) in [6.45, 7) is -0.0583. The molecule has 0 aliphatic heterocycles. The molecule has 0 fully saturated rings. The molecule has 4 heteroatoms. The largest absolute Gasteiger partial charge is 0.396 e. The number of halogens is 2. The minimum absolute atomic E-state index is 0.00376. The van der Waals surface area contributed by atoms with Crippen LogP contribution in [0.25, 0.3) is 0 Å². The molecule has 0 saturated carbocycles. The SMILES string of the molecule is OCCC(Cl)OCCCF. The number of aliphatic hydroxyl groups excluding tert-OH is 1. The molecule has 1 unspecified atom stereocenters. The number of aliphatic hydroxyl groups is 1. The highest BCUT2D eigenvalue weighted by molar-refractivity contribution is 6.19. The van der Waals surface area contributed by atoms with Crippen molar-refractivity contribution in [1.29, 1.82) is 0 Å². The second-order valence-electron chi connectivity index (χ2n) is 1.84. The molecule has 1 N–H and O–H groups in total. The molecule has 1 atom stereocenters. The van der Waals surface area contributed by atoms with E-state index in [0.29, 0.717) is 19.4 Å². The van der Waals surface area contributed by atoms with Gasteiger partial charge in [0.15, 0.2) is 0 Å². The van der Waals surface area contributed by atoms with Crippen LogP contribution in [0.3, 0.4) is 0 Å². The van der Waals surface area contributed by atoms with Crippen LogP contribution in [0.4, 0.5) is 4.39 Å². The van der Waals surface area contributed by atoms with Gasteiger partial charge in [-0.2, -0.15) is 0 Å². The van der Waals surface area contributed by atoms with Gasteiger partial charge in [-0.15, -0.1) is 0 Å². The molecule has 0 spiro atoms. The highest BCUT2D eigenvalue weighted by Gasteiger charge is 2.01. The summed E-state index contributed by atoms with van der Waals surface area (Å²) in [7, 11) is 0. The monoisotopic (exact) mass is 170 g/mol. The first-order valence-electron chi connectivity index (χ1n) is 3.23. The first kappa shape index (κ1) is 10.1. The van der Waals surface area contributed by atoms with Crippen molar-refractivity contribution in [3.05, 3.63) is 0 Å². The van der Waals surface area contributed by atoms with E-state index in [4.69, 9.17) is 21.4 Å². The predicted octanol–water partition coefficient (Wildman–Crippen LogP) is 1.31. The van der Waals surface area contributed by atoms with Gasteiger partial charge >= 0.3 is 0 Å². The molecule has 0 aliphatic rings. The molecule has 0 heterocycles. The van der Waals surface area contributed by atoms with Gasteiger partial charge in [0, 0.05) is 13.0 Å². The number of alkyl halides is 2. The second-order valence-corrected chi connectivity index (χ2v) is 2.32. The van der Waals surface area contributed by atoms with Crippen molar-refractivity contribution in [3.8, 4) is 0 Å². The molecule has 0 aromatic rings. The zero-order valence-corrected chi connectivity index (χ0v) is 6.48. The van der Waals surface area contributed by atoms with Crippen molar-refractivity contribution in [2.24, 2.45) is 0 Å². The molecule has 0 aliphatic carbocycles. The predicted molar refractivity (Wildman–Crippen MR) is 37.9 cm³/mol. The highest BCUT2D eigenvalue weighted by Crippen LogP contribution is 2.03. The maximum atomic E-state index is 11.5. The fourth-order valence-electron chi connectivity index (χ4n) is 0.451. The van der Waals surface area contributed by atoms with Crippen molar-refractivity contribution >= 4 is 11.6 Å². The lowest BCUT2D eigenvalue weighted by Crippen LogP contribution is -2.08. The van der Waals surface area contributed by atoms with Gasteiger partial charge in [0.25, 0.3) is 0 Å². The molecular weight excluding hydrogens is 159 g/mol. The highest BCUT2D eigenvalue weighted by atomic mass is 35.5. The Balaban J connectivity index is 2.97. The Hall–Kier alpha value is 0.140. The summed E-state index contributed by atoms with van der Waals surface area (Å²) in [6, 6.07) is 0. The van der Waals surface area contributed by atoms with Crippen LogP contribution in [0.5, 0.6) is 0 Å². The van der Waals surface area contributed by atoms with Gasteiger partial charge < -0.3 is 9.84 Å². The Bertz CT molecular complexity index is 72.8. The lowest BCUT2D eigenvalue weighted by Gasteiger charge is -2.07. The second kappa shape index (κ2) is 7.25. The van der Waals surface area contributed by atoms with Crippen LogP contribution in [-0.4, -0.2) is 30.6 Å². The minimum atomic E-state index is -0.475. The zero-order chi connectivity index (χ0) is 7.82. The van der Waals surface area contributed by atoms with Crippen LogP contribution < -0.4 is 0 Å². The van der Waals surface area contributed by atoms with E-state index in [-0.39, 0.29) is 13.3 Å². The third-order valence-electron chi connectivity index (χ3n) is 0.933. The minimum Gasteiger partial charge on any atom is -0.396 e. The third kappa shape index (κ3) is 6.26. The van der Waals surface area contributed by atoms with E-state index in [1.807, 2.05) is 0 Å². The average Bonchev–Trinajstić information content (AvgIpc) is 1.89. The molecule has 0 amide bonds. The maximum absolute atomic E-state index is 11.5. The van der Waals surface area contributed by atoms with E-state index in [2.05, 4.69) is 0 Å². The van der Waals surface area contributed by atoms with Crippen molar-refractivity contribution in [1.82, 2.24) is 0 Å².